The molecule has 1 aromatic rings. The molecule has 0 amide bonds. The van der Waals surface area contributed by atoms with Crippen LogP contribution in [0.2, 0.25) is 0 Å². The smallest absolute Gasteiger partial charge is 0.211 e. The summed E-state index contributed by atoms with van der Waals surface area (Å²) in [5.41, 5.74) is 0. The number of thiophene rings is 1. The second kappa shape index (κ2) is 6.35. The largest absolute Gasteiger partial charge is 0.388 e. The Morgan fingerprint density at radius 2 is 2.26 bits per heavy atom. The first kappa shape index (κ1) is 15.0. The van der Waals surface area contributed by atoms with Crippen molar-refractivity contribution in [3.05, 3.63) is 22.4 Å². The van der Waals surface area contributed by atoms with E-state index in [0.29, 0.717) is 12.3 Å². The first-order valence-electron chi connectivity index (χ1n) is 6.68. The topological polar surface area (TPSA) is 66.4 Å². The van der Waals surface area contributed by atoms with Gasteiger partial charge in [-0.2, -0.15) is 0 Å². The Morgan fingerprint density at radius 1 is 1.53 bits per heavy atom. The highest BCUT2D eigenvalue weighted by Crippen LogP contribution is 2.32. The molecule has 0 aliphatic heterocycles. The van der Waals surface area contributed by atoms with Crippen LogP contribution in [0.3, 0.4) is 0 Å². The van der Waals surface area contributed by atoms with Crippen molar-refractivity contribution >= 4 is 21.4 Å². The van der Waals surface area contributed by atoms with Crippen LogP contribution in [0.25, 0.3) is 0 Å². The Morgan fingerprint density at radius 3 is 2.84 bits per heavy atom. The highest BCUT2D eigenvalue weighted by atomic mass is 32.2. The van der Waals surface area contributed by atoms with Gasteiger partial charge in [0.1, 0.15) is 0 Å². The van der Waals surface area contributed by atoms with Gasteiger partial charge in [-0.25, -0.2) is 13.1 Å². The van der Waals surface area contributed by atoms with Gasteiger partial charge in [0.05, 0.1) is 11.9 Å². The van der Waals surface area contributed by atoms with E-state index in [0.717, 1.165) is 11.3 Å². The van der Waals surface area contributed by atoms with E-state index in [1.54, 1.807) is 6.92 Å². The number of hydrogen-bond acceptors (Lipinski definition) is 4. The minimum Gasteiger partial charge on any atom is -0.388 e. The molecule has 1 aliphatic carbocycles. The number of sulfonamides is 1. The summed E-state index contributed by atoms with van der Waals surface area (Å²) in [4.78, 5) is 0.879. The fraction of sp³-hybridized carbons (Fsp3) is 0.692. The van der Waals surface area contributed by atoms with Gasteiger partial charge in [0.15, 0.2) is 0 Å². The van der Waals surface area contributed by atoms with Crippen molar-refractivity contribution in [1.82, 2.24) is 4.72 Å². The summed E-state index contributed by atoms with van der Waals surface area (Å²) in [7, 11) is -3.21. The molecule has 6 heteroatoms. The van der Waals surface area contributed by atoms with Gasteiger partial charge in [0, 0.05) is 10.9 Å². The summed E-state index contributed by atoms with van der Waals surface area (Å²) >= 11 is 1.49. The van der Waals surface area contributed by atoms with Gasteiger partial charge in [0.2, 0.25) is 10.0 Å². The average molecular weight is 303 g/mol. The van der Waals surface area contributed by atoms with Crippen molar-refractivity contribution in [3.63, 3.8) is 0 Å². The van der Waals surface area contributed by atoms with Crippen LogP contribution >= 0.6 is 11.3 Å². The standard InChI is InChI=1S/C13H21NO3S2/c1-10(9-12(15)13-3-2-7-18-13)14-19(16,17)8-6-11-4-5-11/h2-3,7,10-12,14-15H,4-6,8-9H2,1H3. The Balaban J connectivity index is 1.77. The molecule has 1 fully saturated rings. The summed E-state index contributed by atoms with van der Waals surface area (Å²) in [6.07, 6.45) is 2.91. The van der Waals surface area contributed by atoms with Crippen molar-refractivity contribution in [3.8, 4) is 0 Å². The van der Waals surface area contributed by atoms with Gasteiger partial charge >= 0.3 is 0 Å². The van der Waals surface area contributed by atoms with Gasteiger partial charge < -0.3 is 5.11 Å². The summed E-state index contributed by atoms with van der Waals surface area (Å²) in [5.74, 6) is 0.820. The molecule has 2 N–H and O–H groups in total. The van der Waals surface area contributed by atoms with Gasteiger partial charge in [-0.05, 0) is 37.1 Å². The minimum atomic E-state index is -3.21. The Hall–Kier alpha value is -0.430. The van der Waals surface area contributed by atoms with E-state index < -0.39 is 16.1 Å². The van der Waals surface area contributed by atoms with Crippen LogP contribution in [0.15, 0.2) is 17.5 Å². The lowest BCUT2D eigenvalue weighted by molar-refractivity contribution is 0.161. The quantitative estimate of drug-likeness (QED) is 0.774. The molecule has 1 aliphatic rings. The number of hydrogen-bond donors (Lipinski definition) is 2. The molecule has 1 heterocycles. The summed E-state index contributed by atoms with van der Waals surface area (Å²) in [6.45, 7) is 1.80. The van der Waals surface area contributed by atoms with E-state index in [4.69, 9.17) is 0 Å². The molecule has 2 atom stereocenters. The lowest BCUT2D eigenvalue weighted by atomic mass is 10.1. The van der Waals surface area contributed by atoms with Crippen LogP contribution in [0.5, 0.6) is 0 Å². The van der Waals surface area contributed by atoms with E-state index in [1.165, 1.54) is 24.2 Å². The number of aliphatic hydroxyl groups excluding tert-OH is 1. The summed E-state index contributed by atoms with van der Waals surface area (Å²) in [5, 5.41) is 11.9. The second-order valence-electron chi connectivity index (χ2n) is 5.34. The van der Waals surface area contributed by atoms with Gasteiger partial charge in [-0.3, -0.25) is 0 Å². The monoisotopic (exact) mass is 303 g/mol. The third kappa shape index (κ3) is 5.22. The molecule has 19 heavy (non-hydrogen) atoms. The third-order valence-corrected chi connectivity index (χ3v) is 5.83. The van der Waals surface area contributed by atoms with Crippen molar-refractivity contribution in [1.29, 1.82) is 0 Å². The van der Waals surface area contributed by atoms with Crippen LogP contribution in [0.4, 0.5) is 0 Å². The number of rotatable bonds is 8. The molecule has 1 saturated carbocycles. The van der Waals surface area contributed by atoms with Crippen LogP contribution < -0.4 is 4.72 Å². The van der Waals surface area contributed by atoms with E-state index in [9.17, 15) is 13.5 Å². The van der Waals surface area contributed by atoms with E-state index in [-0.39, 0.29) is 11.8 Å². The molecule has 0 saturated heterocycles. The van der Waals surface area contributed by atoms with Crippen molar-refractivity contribution in [2.45, 2.75) is 44.8 Å². The second-order valence-corrected chi connectivity index (χ2v) is 8.19. The predicted octanol–water partition coefficient (Wildman–Crippen LogP) is 2.28. The normalized spacial score (nSPS) is 19.3. The number of nitrogens with one attached hydrogen (secondary N) is 1. The molecule has 0 bridgehead atoms. The van der Waals surface area contributed by atoms with Gasteiger partial charge in [-0.15, -0.1) is 11.3 Å². The zero-order chi connectivity index (χ0) is 13.9. The molecule has 108 valence electrons. The molecule has 2 rings (SSSR count). The predicted molar refractivity (Wildman–Crippen MR) is 77.6 cm³/mol. The summed E-state index contributed by atoms with van der Waals surface area (Å²) < 4.78 is 26.4. The maximum Gasteiger partial charge on any atom is 0.211 e. The van der Waals surface area contributed by atoms with Gasteiger partial charge in [0.25, 0.3) is 0 Å². The zero-order valence-corrected chi connectivity index (χ0v) is 12.7. The molecule has 4 nitrogen and oxygen atoms in total. The SMILES string of the molecule is CC(CC(O)c1cccs1)NS(=O)(=O)CCC1CC1. The average Bonchev–Trinajstić information content (AvgIpc) is 2.98. The Labute approximate surface area is 118 Å². The van der Waals surface area contributed by atoms with E-state index >= 15 is 0 Å². The highest BCUT2D eigenvalue weighted by Gasteiger charge is 2.25. The first-order chi connectivity index (χ1) is 8.96. The molecular weight excluding hydrogens is 282 g/mol. The first-order valence-corrected chi connectivity index (χ1v) is 9.21. The lowest BCUT2D eigenvalue weighted by Gasteiger charge is -2.17. The van der Waals surface area contributed by atoms with Crippen LogP contribution in [0, 0.1) is 5.92 Å². The fourth-order valence-electron chi connectivity index (χ4n) is 2.07. The molecule has 1 aromatic heterocycles. The lowest BCUT2D eigenvalue weighted by Crippen LogP contribution is -2.35. The van der Waals surface area contributed by atoms with Crippen LogP contribution in [-0.4, -0.2) is 25.3 Å². The van der Waals surface area contributed by atoms with Crippen LogP contribution in [-0.2, 0) is 10.0 Å². The Bertz CT molecular complexity index is 480. The maximum atomic E-state index is 11.9. The molecule has 0 radical (unpaired) electrons. The Kier molecular flexibility index (Phi) is 5.00. The van der Waals surface area contributed by atoms with E-state index in [2.05, 4.69) is 4.72 Å². The maximum absolute atomic E-state index is 11.9. The van der Waals surface area contributed by atoms with Crippen molar-refractivity contribution in [2.75, 3.05) is 5.75 Å². The molecular formula is C13H21NO3S2. The highest BCUT2D eigenvalue weighted by molar-refractivity contribution is 7.89. The molecule has 2 unspecified atom stereocenters. The van der Waals surface area contributed by atoms with Crippen LogP contribution in [0.1, 0.15) is 43.6 Å². The molecule has 0 aromatic carbocycles. The summed E-state index contributed by atoms with van der Waals surface area (Å²) in [6, 6.07) is 3.50. The van der Waals surface area contributed by atoms with Crippen molar-refractivity contribution < 1.29 is 13.5 Å². The molecule has 0 spiro atoms. The number of aliphatic hydroxyl groups is 1. The fourth-order valence-corrected chi connectivity index (χ4v) is 4.27. The van der Waals surface area contributed by atoms with Gasteiger partial charge in [-0.1, -0.05) is 18.9 Å². The third-order valence-electron chi connectivity index (χ3n) is 3.32. The zero-order valence-electron chi connectivity index (χ0n) is 11.1. The van der Waals surface area contributed by atoms with Crippen molar-refractivity contribution in [2.24, 2.45) is 5.92 Å². The minimum absolute atomic E-state index is 0.205. The van der Waals surface area contributed by atoms with E-state index in [1.807, 2.05) is 17.5 Å².